The van der Waals surface area contributed by atoms with Crippen molar-refractivity contribution in [2.24, 2.45) is 0 Å². The van der Waals surface area contributed by atoms with Crippen LogP contribution in [0.15, 0.2) is 67.0 Å². The minimum atomic E-state index is 0.258. The lowest BCUT2D eigenvalue weighted by molar-refractivity contribution is 0.475. The van der Waals surface area contributed by atoms with Gasteiger partial charge in [-0.2, -0.15) is 0 Å². The summed E-state index contributed by atoms with van der Waals surface area (Å²) in [5.41, 5.74) is 3.62. The van der Waals surface area contributed by atoms with E-state index in [0.29, 0.717) is 0 Å². The molecular weight excluding hydrogens is 236 g/mol. The Morgan fingerprint density at radius 1 is 0.684 bits per heavy atom. The first-order valence-electron chi connectivity index (χ1n) is 6.00. The van der Waals surface area contributed by atoms with E-state index in [4.69, 9.17) is 0 Å². The van der Waals surface area contributed by atoms with E-state index in [-0.39, 0.29) is 5.75 Å². The zero-order chi connectivity index (χ0) is 13.1. The zero-order valence-electron chi connectivity index (χ0n) is 10.2. The van der Waals surface area contributed by atoms with Crippen molar-refractivity contribution in [1.29, 1.82) is 0 Å². The predicted molar refractivity (Wildman–Crippen MR) is 74.6 cm³/mol. The first-order valence-corrected chi connectivity index (χ1v) is 6.00. The van der Waals surface area contributed by atoms with Gasteiger partial charge < -0.3 is 5.11 Å². The van der Waals surface area contributed by atoms with Gasteiger partial charge >= 0.3 is 0 Å². The molecule has 92 valence electrons. The fourth-order valence-electron chi connectivity index (χ4n) is 1.95. The number of hydrogen-bond acceptors (Lipinski definition) is 3. The van der Waals surface area contributed by atoms with Gasteiger partial charge in [0.15, 0.2) is 0 Å². The highest BCUT2D eigenvalue weighted by atomic mass is 16.3. The highest BCUT2D eigenvalue weighted by molar-refractivity contribution is 5.69. The smallest absolute Gasteiger partial charge is 0.116 e. The second kappa shape index (κ2) is 4.90. The topological polar surface area (TPSA) is 46.0 Å². The average Bonchev–Trinajstić information content (AvgIpc) is 2.48. The summed E-state index contributed by atoms with van der Waals surface area (Å²) in [6, 6.07) is 16.8. The molecule has 1 aromatic carbocycles. The van der Waals surface area contributed by atoms with Crippen molar-refractivity contribution in [3.8, 4) is 28.3 Å². The van der Waals surface area contributed by atoms with Crippen LogP contribution in [0, 0.1) is 0 Å². The van der Waals surface area contributed by atoms with Crippen LogP contribution in [0.5, 0.6) is 5.75 Å². The number of pyridine rings is 2. The third-order valence-electron chi connectivity index (χ3n) is 2.87. The van der Waals surface area contributed by atoms with Gasteiger partial charge in [-0.3, -0.25) is 9.97 Å². The molecule has 0 saturated carbocycles. The predicted octanol–water partition coefficient (Wildman–Crippen LogP) is 3.52. The number of phenolic OH excluding ortho intramolecular Hbond substituents is 1. The molecule has 0 unspecified atom stereocenters. The van der Waals surface area contributed by atoms with E-state index in [0.717, 1.165) is 22.5 Å². The molecule has 0 fully saturated rings. The minimum absolute atomic E-state index is 0.258. The minimum Gasteiger partial charge on any atom is -0.508 e. The Hall–Kier alpha value is -2.68. The normalized spacial score (nSPS) is 10.3. The Kier molecular flexibility index (Phi) is 2.94. The van der Waals surface area contributed by atoms with Crippen molar-refractivity contribution < 1.29 is 5.11 Å². The molecule has 19 heavy (non-hydrogen) atoms. The van der Waals surface area contributed by atoms with Crippen LogP contribution in [0.2, 0.25) is 0 Å². The third-order valence-corrected chi connectivity index (χ3v) is 2.87. The largest absolute Gasteiger partial charge is 0.508 e. The summed E-state index contributed by atoms with van der Waals surface area (Å²) in [5, 5.41) is 9.53. The van der Waals surface area contributed by atoms with Gasteiger partial charge in [0.05, 0.1) is 11.4 Å². The van der Waals surface area contributed by atoms with E-state index in [1.54, 1.807) is 24.5 Å². The molecule has 2 aromatic heterocycles. The van der Waals surface area contributed by atoms with Gasteiger partial charge in [-0.05, 0) is 47.5 Å². The van der Waals surface area contributed by atoms with Crippen LogP contribution in [0.25, 0.3) is 22.5 Å². The van der Waals surface area contributed by atoms with Crippen LogP contribution in [-0.2, 0) is 0 Å². The molecule has 0 aliphatic rings. The monoisotopic (exact) mass is 248 g/mol. The number of phenols is 1. The number of benzene rings is 1. The van der Waals surface area contributed by atoms with Gasteiger partial charge in [-0.1, -0.05) is 18.2 Å². The van der Waals surface area contributed by atoms with Gasteiger partial charge in [0, 0.05) is 12.4 Å². The van der Waals surface area contributed by atoms with Gasteiger partial charge in [-0.25, -0.2) is 0 Å². The van der Waals surface area contributed by atoms with Crippen molar-refractivity contribution in [3.05, 3.63) is 67.0 Å². The maximum atomic E-state index is 9.53. The van der Waals surface area contributed by atoms with Crippen LogP contribution in [0.1, 0.15) is 0 Å². The second-order valence-electron chi connectivity index (χ2n) is 4.20. The van der Waals surface area contributed by atoms with Crippen molar-refractivity contribution >= 4 is 0 Å². The molecule has 0 aliphatic carbocycles. The van der Waals surface area contributed by atoms with E-state index < -0.39 is 0 Å². The maximum absolute atomic E-state index is 9.53. The molecule has 3 heteroatoms. The lowest BCUT2D eigenvalue weighted by Gasteiger charge is -2.05. The fraction of sp³-hybridized carbons (Fsp3) is 0. The Labute approximate surface area is 111 Å². The molecule has 3 rings (SSSR count). The summed E-state index contributed by atoms with van der Waals surface area (Å²) in [5.74, 6) is 0.258. The van der Waals surface area contributed by atoms with Crippen molar-refractivity contribution in [3.63, 3.8) is 0 Å². The summed E-state index contributed by atoms with van der Waals surface area (Å²) >= 11 is 0. The molecule has 0 saturated heterocycles. The van der Waals surface area contributed by atoms with Crippen LogP contribution in [-0.4, -0.2) is 15.1 Å². The molecule has 2 heterocycles. The summed E-state index contributed by atoms with van der Waals surface area (Å²) in [7, 11) is 0. The fourth-order valence-corrected chi connectivity index (χ4v) is 1.95. The van der Waals surface area contributed by atoms with Gasteiger partial charge in [0.2, 0.25) is 0 Å². The number of hydrogen-bond donors (Lipinski definition) is 1. The molecular formula is C16H12N2O. The third kappa shape index (κ3) is 2.45. The molecule has 1 N–H and O–H groups in total. The lowest BCUT2D eigenvalue weighted by Crippen LogP contribution is -1.87. The summed E-state index contributed by atoms with van der Waals surface area (Å²) in [6.45, 7) is 0. The highest BCUT2D eigenvalue weighted by Crippen LogP contribution is 2.25. The standard InChI is InChI=1S/C16H12N2O/c19-14-5-3-4-12(10-14)13-7-9-18-16(11-13)15-6-1-2-8-17-15/h1-11,19H. The molecule has 3 nitrogen and oxygen atoms in total. The average molecular weight is 248 g/mol. The Bertz CT molecular complexity index is 696. The molecule has 0 radical (unpaired) electrons. The summed E-state index contributed by atoms with van der Waals surface area (Å²) in [4.78, 5) is 8.62. The van der Waals surface area contributed by atoms with Crippen LogP contribution in [0.4, 0.5) is 0 Å². The SMILES string of the molecule is Oc1cccc(-c2ccnc(-c3ccccn3)c2)c1. The maximum Gasteiger partial charge on any atom is 0.116 e. The zero-order valence-corrected chi connectivity index (χ0v) is 10.2. The second-order valence-corrected chi connectivity index (χ2v) is 4.20. The van der Waals surface area contributed by atoms with E-state index in [1.807, 2.05) is 42.5 Å². The molecule has 0 spiro atoms. The molecule has 3 aromatic rings. The first-order chi connectivity index (χ1) is 9.33. The molecule has 0 atom stereocenters. The lowest BCUT2D eigenvalue weighted by atomic mass is 10.1. The Morgan fingerprint density at radius 3 is 2.32 bits per heavy atom. The van der Waals surface area contributed by atoms with Crippen molar-refractivity contribution in [2.75, 3.05) is 0 Å². The van der Waals surface area contributed by atoms with Crippen LogP contribution in [0.3, 0.4) is 0 Å². The first kappa shape index (κ1) is 11.4. The van der Waals surface area contributed by atoms with Gasteiger partial charge in [-0.15, -0.1) is 0 Å². The highest BCUT2D eigenvalue weighted by Gasteiger charge is 2.03. The molecule has 0 amide bonds. The Morgan fingerprint density at radius 2 is 1.53 bits per heavy atom. The molecule has 0 bridgehead atoms. The van der Waals surface area contributed by atoms with E-state index in [2.05, 4.69) is 9.97 Å². The van der Waals surface area contributed by atoms with Gasteiger partial charge in [0.25, 0.3) is 0 Å². The van der Waals surface area contributed by atoms with Gasteiger partial charge in [0.1, 0.15) is 5.75 Å². The van der Waals surface area contributed by atoms with E-state index in [9.17, 15) is 5.11 Å². The van der Waals surface area contributed by atoms with Crippen molar-refractivity contribution in [2.45, 2.75) is 0 Å². The molecule has 0 aliphatic heterocycles. The number of aromatic nitrogens is 2. The summed E-state index contributed by atoms with van der Waals surface area (Å²) in [6.07, 6.45) is 3.50. The number of aromatic hydroxyl groups is 1. The van der Waals surface area contributed by atoms with Crippen LogP contribution < -0.4 is 0 Å². The number of nitrogens with zero attached hydrogens (tertiary/aromatic N) is 2. The van der Waals surface area contributed by atoms with Crippen LogP contribution >= 0.6 is 0 Å². The quantitative estimate of drug-likeness (QED) is 0.754. The van der Waals surface area contributed by atoms with E-state index >= 15 is 0 Å². The van der Waals surface area contributed by atoms with Crippen molar-refractivity contribution in [1.82, 2.24) is 9.97 Å². The Balaban J connectivity index is 2.06. The summed E-state index contributed by atoms with van der Waals surface area (Å²) < 4.78 is 0. The number of rotatable bonds is 2. The van der Waals surface area contributed by atoms with E-state index in [1.165, 1.54) is 0 Å².